The molecule has 0 fully saturated rings. The molecule has 0 atom stereocenters. The summed E-state index contributed by atoms with van der Waals surface area (Å²) in [6.45, 7) is 0.667. The van der Waals surface area contributed by atoms with Crippen molar-refractivity contribution in [2.75, 3.05) is 0 Å². The summed E-state index contributed by atoms with van der Waals surface area (Å²) in [5.74, 6) is 0. The van der Waals surface area contributed by atoms with Crippen molar-refractivity contribution in [1.82, 2.24) is 0 Å². The molecule has 0 N–H and O–H groups in total. The van der Waals surface area contributed by atoms with Gasteiger partial charge in [0.25, 0.3) is 0 Å². The van der Waals surface area contributed by atoms with Crippen molar-refractivity contribution >= 4 is 23.1 Å². The molecular weight excluding hydrogens is 273 g/mol. The number of halogens is 4. The fraction of sp³-hybridized carbons (Fsp3) is 0.125. The van der Waals surface area contributed by atoms with Gasteiger partial charge in [-0.1, -0.05) is 12.7 Å². The molecule has 1 aromatic carbocycles. The Hall–Kier alpha value is 0.0862. The molecule has 0 bridgehead atoms. The second kappa shape index (κ2) is 7.39. The minimum Gasteiger partial charge on any atom is -1.00 e. The van der Waals surface area contributed by atoms with E-state index < -0.39 is 6.36 Å². The largest absolute Gasteiger partial charge is 2.00 e. The number of hydrogen-bond donors (Lipinski definition) is 0. The van der Waals surface area contributed by atoms with Gasteiger partial charge in [-0.3, -0.25) is 0 Å². The zero-order chi connectivity index (χ0) is 9.03. The summed E-state index contributed by atoms with van der Waals surface area (Å²) in [7, 11) is 0. The Balaban J connectivity index is 0. The van der Waals surface area contributed by atoms with Gasteiger partial charge in [0, 0.05) is 0 Å². The maximum Gasteiger partial charge on any atom is 2.00 e. The molecule has 0 aromatic heterocycles. The molecule has 1 rings (SSSR count). The Morgan fingerprint density at radius 2 is 1.57 bits per heavy atom. The van der Waals surface area contributed by atoms with Crippen LogP contribution >= 0.6 is 0 Å². The van der Waals surface area contributed by atoms with Gasteiger partial charge in [0.05, 0.1) is 0 Å². The van der Waals surface area contributed by atoms with Gasteiger partial charge in [-0.2, -0.15) is 17.7 Å². The van der Waals surface area contributed by atoms with Crippen LogP contribution in [-0.2, 0) is 4.74 Å². The van der Waals surface area contributed by atoms with Crippen LogP contribution in [0.4, 0.5) is 13.2 Å². The summed E-state index contributed by atoms with van der Waals surface area (Å²) in [5, 5.41) is 0. The van der Waals surface area contributed by atoms with Crippen LogP contribution in [0, 0.1) is 6.61 Å². The molecule has 0 heterocycles. The maximum absolute atomic E-state index is 11.5. The average Bonchev–Trinajstić information content (AvgIpc) is 2.02. The Kier molecular flexibility index (Phi) is 8.71. The zero-order valence-corrected chi connectivity index (χ0v) is 10.1. The van der Waals surface area contributed by atoms with E-state index in [9.17, 15) is 13.2 Å². The molecular formula is C8H6BrF3MgO. The van der Waals surface area contributed by atoms with Crippen molar-refractivity contribution in [2.24, 2.45) is 0 Å². The van der Waals surface area contributed by atoms with Crippen molar-refractivity contribution in [1.29, 1.82) is 0 Å². The topological polar surface area (TPSA) is 9.23 Å². The van der Waals surface area contributed by atoms with E-state index >= 15 is 0 Å². The van der Waals surface area contributed by atoms with E-state index in [2.05, 4.69) is 4.74 Å². The Morgan fingerprint density at radius 3 is 2.00 bits per heavy atom. The molecule has 0 saturated heterocycles. The molecule has 0 amide bonds. The zero-order valence-electron chi connectivity index (χ0n) is 7.09. The molecule has 0 unspecified atom stereocenters. The van der Waals surface area contributed by atoms with E-state index in [1.165, 1.54) is 12.1 Å². The molecule has 0 aliphatic rings. The van der Waals surface area contributed by atoms with Gasteiger partial charge in [0.2, 0.25) is 0 Å². The average molecular weight is 279 g/mol. The van der Waals surface area contributed by atoms with Crippen LogP contribution in [-0.4, -0.2) is 29.4 Å². The second-order valence-electron chi connectivity index (χ2n) is 2.09. The van der Waals surface area contributed by atoms with Gasteiger partial charge >= 0.3 is 29.4 Å². The molecule has 0 saturated carbocycles. The van der Waals surface area contributed by atoms with Crippen molar-refractivity contribution in [3.8, 4) is 0 Å². The molecule has 0 aliphatic carbocycles. The Morgan fingerprint density at radius 1 is 1.07 bits per heavy atom. The van der Waals surface area contributed by atoms with Crippen molar-refractivity contribution in [2.45, 2.75) is 6.36 Å². The molecule has 0 spiro atoms. The smallest absolute Gasteiger partial charge is 1.00 e. The van der Waals surface area contributed by atoms with Crippen LogP contribution in [0.15, 0.2) is 30.3 Å². The molecule has 14 heavy (non-hydrogen) atoms. The third-order valence-corrected chi connectivity index (χ3v) is 1.13. The fourth-order valence-corrected chi connectivity index (χ4v) is 0.666. The molecule has 1 nitrogen and oxygen atoms in total. The molecule has 0 aliphatic heterocycles. The Labute approximate surface area is 107 Å². The first-order valence-corrected chi connectivity index (χ1v) is 3.21. The third-order valence-electron chi connectivity index (χ3n) is 1.13. The van der Waals surface area contributed by atoms with Crippen LogP contribution in [0.5, 0.6) is 0 Å². The molecule has 1 aromatic rings. The summed E-state index contributed by atoms with van der Waals surface area (Å²) in [5.41, 5.74) is 0.384. The fourth-order valence-electron chi connectivity index (χ4n) is 0.666. The molecule has 6 heteroatoms. The molecule has 74 valence electrons. The van der Waals surface area contributed by atoms with E-state index in [4.69, 9.17) is 0 Å². The normalized spacial score (nSPS) is 9.64. The number of hydrogen-bond acceptors (Lipinski definition) is 1. The number of benzene rings is 1. The second-order valence-corrected chi connectivity index (χ2v) is 2.09. The van der Waals surface area contributed by atoms with Crippen LogP contribution < -0.4 is 17.0 Å². The van der Waals surface area contributed by atoms with Crippen LogP contribution in [0.1, 0.15) is 5.56 Å². The van der Waals surface area contributed by atoms with Gasteiger partial charge in [-0.25, -0.2) is 0 Å². The SMILES string of the molecule is FC(F)(F)O[CH-]c1ccccc1.[Br-].[Mg+2]. The van der Waals surface area contributed by atoms with Crippen LogP contribution in [0.25, 0.3) is 0 Å². The van der Waals surface area contributed by atoms with Crippen molar-refractivity contribution < 1.29 is 34.9 Å². The van der Waals surface area contributed by atoms with Gasteiger partial charge in [-0.15, -0.1) is 25.3 Å². The van der Waals surface area contributed by atoms with Gasteiger partial charge in [0.15, 0.2) is 0 Å². The minimum atomic E-state index is -4.60. The van der Waals surface area contributed by atoms with Crippen LogP contribution in [0.2, 0.25) is 0 Å². The third kappa shape index (κ3) is 7.49. The van der Waals surface area contributed by atoms with Crippen LogP contribution in [0.3, 0.4) is 0 Å². The van der Waals surface area contributed by atoms with E-state index in [1.807, 2.05) is 0 Å². The van der Waals surface area contributed by atoms with Gasteiger partial charge < -0.3 is 21.7 Å². The first-order chi connectivity index (χ1) is 5.58. The monoisotopic (exact) mass is 278 g/mol. The predicted octanol–water partition coefficient (Wildman–Crippen LogP) is -0.644. The predicted molar refractivity (Wildman–Crippen MR) is 42.7 cm³/mol. The minimum absolute atomic E-state index is 0. The van der Waals surface area contributed by atoms with E-state index in [1.54, 1.807) is 18.2 Å². The Bertz CT molecular complexity index is 240. The summed E-state index contributed by atoms with van der Waals surface area (Å²) in [4.78, 5) is 0. The summed E-state index contributed by atoms with van der Waals surface area (Å²) < 4.78 is 38.0. The molecule has 0 radical (unpaired) electrons. The van der Waals surface area contributed by atoms with E-state index in [-0.39, 0.29) is 40.0 Å². The number of ether oxygens (including phenoxy) is 1. The quantitative estimate of drug-likeness (QED) is 0.517. The number of rotatable bonds is 2. The summed E-state index contributed by atoms with van der Waals surface area (Å²) in [6, 6.07) is 8.01. The van der Waals surface area contributed by atoms with Gasteiger partial charge in [-0.05, 0) is 0 Å². The maximum atomic E-state index is 11.5. The first-order valence-electron chi connectivity index (χ1n) is 3.21. The van der Waals surface area contributed by atoms with Crippen molar-refractivity contribution in [3.63, 3.8) is 0 Å². The summed E-state index contributed by atoms with van der Waals surface area (Å²) >= 11 is 0. The van der Waals surface area contributed by atoms with Gasteiger partial charge in [0.1, 0.15) is 0 Å². The van der Waals surface area contributed by atoms with Crippen molar-refractivity contribution in [3.05, 3.63) is 42.5 Å². The standard InChI is InChI=1S/C8H6F3O.BrH.Mg/c9-8(10,11)12-6-7-4-2-1-3-5-7;;/h1-6H;1H;/q-1;;+2/p-1. The van der Waals surface area contributed by atoms with E-state index in [0.29, 0.717) is 12.2 Å². The first kappa shape index (κ1) is 16.5. The van der Waals surface area contributed by atoms with E-state index in [0.717, 1.165) is 0 Å². The number of alkyl halides is 3. The summed E-state index contributed by atoms with van der Waals surface area (Å²) in [6.07, 6.45) is -4.60.